The highest BCUT2D eigenvalue weighted by Crippen LogP contribution is 2.29. The second-order valence-corrected chi connectivity index (χ2v) is 5.21. The zero-order chi connectivity index (χ0) is 14.7. The molecule has 1 heterocycles. The summed E-state index contributed by atoms with van der Waals surface area (Å²) in [5.74, 6) is -0.0778. The third-order valence-electron chi connectivity index (χ3n) is 3.85. The Morgan fingerprint density at radius 3 is 2.95 bits per heavy atom. The Morgan fingerprint density at radius 1 is 1.24 bits per heavy atom. The maximum absolute atomic E-state index is 13.5. The third-order valence-corrected chi connectivity index (χ3v) is 3.85. The molecule has 2 aromatic carbocycles. The summed E-state index contributed by atoms with van der Waals surface area (Å²) in [4.78, 5) is 0. The van der Waals surface area contributed by atoms with Crippen LogP contribution >= 0.6 is 0 Å². The van der Waals surface area contributed by atoms with Crippen LogP contribution in [0.3, 0.4) is 0 Å². The predicted molar refractivity (Wildman–Crippen MR) is 82.1 cm³/mol. The summed E-state index contributed by atoms with van der Waals surface area (Å²) in [7, 11) is 1.48. The van der Waals surface area contributed by atoms with Gasteiger partial charge in [0.15, 0.2) is 11.6 Å². The van der Waals surface area contributed by atoms with Gasteiger partial charge < -0.3 is 15.4 Å². The molecule has 2 aromatic rings. The molecule has 1 atom stereocenters. The molecule has 0 amide bonds. The fourth-order valence-electron chi connectivity index (χ4n) is 2.76. The van der Waals surface area contributed by atoms with Gasteiger partial charge in [-0.15, -0.1) is 0 Å². The molecule has 0 aromatic heterocycles. The first-order chi connectivity index (χ1) is 10.3. The highest BCUT2D eigenvalue weighted by molar-refractivity contribution is 5.51. The summed E-state index contributed by atoms with van der Waals surface area (Å²) in [5.41, 5.74) is 3.47. The van der Waals surface area contributed by atoms with Crippen molar-refractivity contribution in [3.8, 4) is 5.75 Å². The Labute approximate surface area is 124 Å². The number of methoxy groups -OCH3 is 1. The van der Waals surface area contributed by atoms with E-state index in [9.17, 15) is 4.39 Å². The fraction of sp³-hybridized carbons (Fsp3) is 0.294. The van der Waals surface area contributed by atoms with Crippen LogP contribution in [0, 0.1) is 5.82 Å². The normalized spacial score (nSPS) is 17.7. The van der Waals surface area contributed by atoms with E-state index >= 15 is 0 Å². The lowest BCUT2D eigenvalue weighted by molar-refractivity contribution is 0.386. The maximum atomic E-state index is 13.5. The highest BCUT2D eigenvalue weighted by Gasteiger charge is 2.18. The van der Waals surface area contributed by atoms with Gasteiger partial charge in [0.25, 0.3) is 0 Å². The average Bonchev–Trinajstić information content (AvgIpc) is 2.72. The van der Waals surface area contributed by atoms with Crippen molar-refractivity contribution in [3.05, 3.63) is 59.4 Å². The van der Waals surface area contributed by atoms with Crippen LogP contribution in [-0.4, -0.2) is 13.7 Å². The number of nitrogens with one attached hydrogen (secondary N) is 2. The summed E-state index contributed by atoms with van der Waals surface area (Å²) in [6, 6.07) is 13.5. The fourth-order valence-corrected chi connectivity index (χ4v) is 2.76. The Hall–Kier alpha value is -2.07. The van der Waals surface area contributed by atoms with Gasteiger partial charge in [-0.1, -0.05) is 24.3 Å². The van der Waals surface area contributed by atoms with Gasteiger partial charge in [0.1, 0.15) is 0 Å². The van der Waals surface area contributed by atoms with Crippen LogP contribution in [-0.2, 0) is 6.54 Å². The van der Waals surface area contributed by atoms with E-state index in [4.69, 9.17) is 4.74 Å². The third kappa shape index (κ3) is 3.00. The van der Waals surface area contributed by atoms with Gasteiger partial charge in [0.05, 0.1) is 13.2 Å². The Morgan fingerprint density at radius 2 is 2.10 bits per heavy atom. The predicted octanol–water partition coefficient (Wildman–Crippen LogP) is 3.48. The van der Waals surface area contributed by atoms with Gasteiger partial charge in [0.2, 0.25) is 0 Å². The second kappa shape index (κ2) is 6.14. The van der Waals surface area contributed by atoms with Crippen molar-refractivity contribution in [2.75, 3.05) is 19.0 Å². The summed E-state index contributed by atoms with van der Waals surface area (Å²) in [6.45, 7) is 1.84. The molecular weight excluding hydrogens is 267 g/mol. The number of benzene rings is 2. The van der Waals surface area contributed by atoms with Crippen molar-refractivity contribution in [2.24, 2.45) is 0 Å². The molecule has 1 aliphatic rings. The smallest absolute Gasteiger partial charge is 0.165 e. The Bertz CT molecular complexity index is 630. The number of ether oxygens (including phenoxy) is 1. The minimum Gasteiger partial charge on any atom is -0.494 e. The molecule has 4 heteroatoms. The number of rotatable bonds is 3. The molecule has 1 aliphatic heterocycles. The number of hydrogen-bond acceptors (Lipinski definition) is 3. The standard InChI is InChI=1S/C17H19FN2O/c1-21-17-10-13(6-7-15(17)18)20-16-8-9-19-11-12-4-2-3-5-14(12)16/h2-7,10,16,19-20H,8-9,11H2,1H3. The van der Waals surface area contributed by atoms with Gasteiger partial charge in [0, 0.05) is 18.3 Å². The summed E-state index contributed by atoms with van der Waals surface area (Å²) < 4.78 is 18.5. The van der Waals surface area contributed by atoms with Crippen molar-refractivity contribution in [1.82, 2.24) is 5.32 Å². The molecule has 0 fully saturated rings. The summed E-state index contributed by atoms with van der Waals surface area (Å²) >= 11 is 0. The van der Waals surface area contributed by atoms with Crippen LogP contribution in [0.15, 0.2) is 42.5 Å². The molecule has 3 nitrogen and oxygen atoms in total. The number of fused-ring (bicyclic) bond motifs is 1. The molecule has 0 radical (unpaired) electrons. The molecule has 2 N–H and O–H groups in total. The summed E-state index contributed by atoms with van der Waals surface area (Å²) in [6.07, 6.45) is 0.983. The van der Waals surface area contributed by atoms with E-state index in [2.05, 4.69) is 34.9 Å². The lowest BCUT2D eigenvalue weighted by Crippen LogP contribution is -2.15. The molecule has 0 saturated carbocycles. The lowest BCUT2D eigenvalue weighted by Gasteiger charge is -2.20. The summed E-state index contributed by atoms with van der Waals surface area (Å²) in [5, 5.41) is 6.92. The molecule has 110 valence electrons. The topological polar surface area (TPSA) is 33.3 Å². The van der Waals surface area contributed by atoms with E-state index in [0.717, 1.165) is 25.2 Å². The van der Waals surface area contributed by atoms with E-state index in [1.165, 1.54) is 24.3 Å². The van der Waals surface area contributed by atoms with E-state index < -0.39 is 0 Å². The molecule has 0 spiro atoms. The zero-order valence-corrected chi connectivity index (χ0v) is 12.0. The largest absolute Gasteiger partial charge is 0.494 e. The van der Waals surface area contributed by atoms with Gasteiger partial charge in [-0.3, -0.25) is 0 Å². The number of halogens is 1. The van der Waals surface area contributed by atoms with Crippen molar-refractivity contribution in [1.29, 1.82) is 0 Å². The average molecular weight is 286 g/mol. The number of anilines is 1. The quantitative estimate of drug-likeness (QED) is 0.906. The minimum atomic E-state index is -0.342. The van der Waals surface area contributed by atoms with Gasteiger partial charge in [-0.05, 0) is 36.2 Å². The zero-order valence-electron chi connectivity index (χ0n) is 12.0. The van der Waals surface area contributed by atoms with Crippen molar-refractivity contribution < 1.29 is 9.13 Å². The highest BCUT2D eigenvalue weighted by atomic mass is 19.1. The first kappa shape index (κ1) is 13.9. The van der Waals surface area contributed by atoms with Crippen LogP contribution < -0.4 is 15.4 Å². The van der Waals surface area contributed by atoms with Gasteiger partial charge in [-0.2, -0.15) is 0 Å². The van der Waals surface area contributed by atoms with Crippen LogP contribution in [0.1, 0.15) is 23.6 Å². The number of hydrogen-bond donors (Lipinski definition) is 2. The van der Waals surface area contributed by atoms with E-state index in [-0.39, 0.29) is 17.6 Å². The van der Waals surface area contributed by atoms with Crippen molar-refractivity contribution in [3.63, 3.8) is 0 Å². The van der Waals surface area contributed by atoms with Crippen LogP contribution in [0.25, 0.3) is 0 Å². The molecule has 3 rings (SSSR count). The minimum absolute atomic E-state index is 0.214. The van der Waals surface area contributed by atoms with Crippen molar-refractivity contribution in [2.45, 2.75) is 19.0 Å². The Kier molecular flexibility index (Phi) is 4.06. The molecule has 0 aliphatic carbocycles. The van der Waals surface area contributed by atoms with E-state index in [0.29, 0.717) is 0 Å². The van der Waals surface area contributed by atoms with Crippen LogP contribution in [0.5, 0.6) is 5.75 Å². The maximum Gasteiger partial charge on any atom is 0.165 e. The van der Waals surface area contributed by atoms with E-state index in [1.54, 1.807) is 12.1 Å². The van der Waals surface area contributed by atoms with Crippen molar-refractivity contribution >= 4 is 5.69 Å². The van der Waals surface area contributed by atoms with E-state index in [1.807, 2.05) is 0 Å². The molecule has 0 saturated heterocycles. The first-order valence-electron chi connectivity index (χ1n) is 7.16. The Balaban J connectivity index is 1.87. The van der Waals surface area contributed by atoms with Crippen LogP contribution in [0.2, 0.25) is 0 Å². The van der Waals surface area contributed by atoms with Gasteiger partial charge >= 0.3 is 0 Å². The van der Waals surface area contributed by atoms with Crippen LogP contribution in [0.4, 0.5) is 10.1 Å². The van der Waals surface area contributed by atoms with Gasteiger partial charge in [-0.25, -0.2) is 4.39 Å². The SMILES string of the molecule is COc1cc(NC2CCNCc3ccccc32)ccc1F. The monoisotopic (exact) mass is 286 g/mol. The second-order valence-electron chi connectivity index (χ2n) is 5.21. The molecular formula is C17H19FN2O. The first-order valence-corrected chi connectivity index (χ1v) is 7.16. The lowest BCUT2D eigenvalue weighted by atomic mass is 9.99. The molecule has 1 unspecified atom stereocenters. The molecule has 0 bridgehead atoms. The molecule has 21 heavy (non-hydrogen) atoms.